The molecule has 1 unspecified atom stereocenters. The molecule has 1 saturated heterocycles. The van der Waals surface area contributed by atoms with Crippen LogP contribution in [0.2, 0.25) is 0 Å². The molecule has 1 atom stereocenters. The van der Waals surface area contributed by atoms with E-state index in [0.29, 0.717) is 6.04 Å². The Labute approximate surface area is 121 Å². The molecule has 0 aromatic carbocycles. The van der Waals surface area contributed by atoms with Crippen molar-refractivity contribution in [2.24, 2.45) is 0 Å². The van der Waals surface area contributed by atoms with Gasteiger partial charge in [-0.2, -0.15) is 0 Å². The van der Waals surface area contributed by atoms with Crippen LogP contribution in [0.25, 0.3) is 0 Å². The molecule has 1 aliphatic rings. The Morgan fingerprint density at radius 3 is 2.90 bits per heavy atom. The normalized spacial score (nSPS) is 19.1. The Kier molecular flexibility index (Phi) is 5.59. The van der Waals surface area contributed by atoms with E-state index in [9.17, 15) is 0 Å². The van der Waals surface area contributed by atoms with Gasteiger partial charge in [0, 0.05) is 18.7 Å². The first-order valence-corrected chi connectivity index (χ1v) is 7.73. The van der Waals surface area contributed by atoms with Crippen molar-refractivity contribution in [3.8, 4) is 0 Å². The molecule has 1 aliphatic heterocycles. The lowest BCUT2D eigenvalue weighted by molar-refractivity contribution is 0.0924. The summed E-state index contributed by atoms with van der Waals surface area (Å²) in [7, 11) is 0. The SMILES string of the molecule is CCCc1c(NCC)ncnc1N1CCOCC1CC. The van der Waals surface area contributed by atoms with Gasteiger partial charge in [0.15, 0.2) is 0 Å². The number of nitrogens with zero attached hydrogens (tertiary/aromatic N) is 3. The first-order chi connectivity index (χ1) is 9.81. The van der Waals surface area contributed by atoms with E-state index in [1.807, 2.05) is 0 Å². The molecule has 1 aromatic rings. The van der Waals surface area contributed by atoms with Gasteiger partial charge in [-0.05, 0) is 19.8 Å². The predicted octanol–water partition coefficient (Wildman–Crippen LogP) is 2.48. The molecule has 112 valence electrons. The lowest BCUT2D eigenvalue weighted by Crippen LogP contribution is -2.46. The number of hydrogen-bond acceptors (Lipinski definition) is 5. The Hall–Kier alpha value is -1.36. The average molecular weight is 278 g/mol. The van der Waals surface area contributed by atoms with Gasteiger partial charge in [-0.15, -0.1) is 0 Å². The standard InChI is InChI=1S/C15H26N4O/c1-4-7-13-14(16-6-3)17-11-18-15(13)19-8-9-20-10-12(19)5-2/h11-12H,4-10H2,1-3H3,(H,16,17,18). The van der Waals surface area contributed by atoms with Crippen molar-refractivity contribution in [3.63, 3.8) is 0 Å². The van der Waals surface area contributed by atoms with Crippen molar-refractivity contribution in [1.82, 2.24) is 9.97 Å². The highest BCUT2D eigenvalue weighted by molar-refractivity contribution is 5.59. The summed E-state index contributed by atoms with van der Waals surface area (Å²) in [6, 6.07) is 0.420. The molecule has 1 fully saturated rings. The number of morpholine rings is 1. The van der Waals surface area contributed by atoms with Gasteiger partial charge < -0.3 is 15.0 Å². The summed E-state index contributed by atoms with van der Waals surface area (Å²) in [4.78, 5) is 11.4. The maximum atomic E-state index is 5.60. The third kappa shape index (κ3) is 3.20. The minimum absolute atomic E-state index is 0.420. The number of anilines is 2. The van der Waals surface area contributed by atoms with Crippen LogP contribution in [0.1, 0.15) is 39.2 Å². The molecule has 2 rings (SSSR count). The highest BCUT2D eigenvalue weighted by Crippen LogP contribution is 2.28. The number of hydrogen-bond donors (Lipinski definition) is 1. The van der Waals surface area contributed by atoms with E-state index in [-0.39, 0.29) is 0 Å². The van der Waals surface area contributed by atoms with E-state index in [2.05, 4.69) is 41.0 Å². The predicted molar refractivity (Wildman–Crippen MR) is 82.4 cm³/mol. The van der Waals surface area contributed by atoms with E-state index < -0.39 is 0 Å². The molecule has 1 N–H and O–H groups in total. The third-order valence-electron chi connectivity index (χ3n) is 3.74. The summed E-state index contributed by atoms with van der Waals surface area (Å²) in [5.41, 5.74) is 1.25. The average Bonchev–Trinajstić information content (AvgIpc) is 2.49. The van der Waals surface area contributed by atoms with Gasteiger partial charge in [-0.3, -0.25) is 0 Å². The topological polar surface area (TPSA) is 50.3 Å². The molecule has 0 radical (unpaired) electrons. The minimum atomic E-state index is 0.420. The molecule has 0 aliphatic carbocycles. The molecule has 0 bridgehead atoms. The van der Waals surface area contributed by atoms with Crippen molar-refractivity contribution in [2.45, 2.75) is 46.1 Å². The lowest BCUT2D eigenvalue weighted by Gasteiger charge is -2.37. The number of nitrogens with one attached hydrogen (secondary N) is 1. The van der Waals surface area contributed by atoms with Gasteiger partial charge >= 0.3 is 0 Å². The molecule has 1 aromatic heterocycles. The second kappa shape index (κ2) is 7.43. The zero-order chi connectivity index (χ0) is 14.4. The highest BCUT2D eigenvalue weighted by Gasteiger charge is 2.25. The Morgan fingerprint density at radius 1 is 1.35 bits per heavy atom. The van der Waals surface area contributed by atoms with Crippen molar-refractivity contribution >= 4 is 11.6 Å². The molecular formula is C15H26N4O. The molecule has 20 heavy (non-hydrogen) atoms. The van der Waals surface area contributed by atoms with Gasteiger partial charge in [0.05, 0.1) is 19.3 Å². The quantitative estimate of drug-likeness (QED) is 0.866. The van der Waals surface area contributed by atoms with Crippen molar-refractivity contribution in [3.05, 3.63) is 11.9 Å². The fourth-order valence-electron chi connectivity index (χ4n) is 2.72. The van der Waals surface area contributed by atoms with Crippen LogP contribution in [0.5, 0.6) is 0 Å². The monoisotopic (exact) mass is 278 g/mol. The van der Waals surface area contributed by atoms with Gasteiger partial charge in [0.1, 0.15) is 18.0 Å². The van der Waals surface area contributed by atoms with Crippen LogP contribution in [-0.4, -0.2) is 42.3 Å². The van der Waals surface area contributed by atoms with Gasteiger partial charge in [-0.25, -0.2) is 9.97 Å². The first kappa shape index (κ1) is 15.0. The number of ether oxygens (including phenoxy) is 1. The van der Waals surface area contributed by atoms with Crippen molar-refractivity contribution in [1.29, 1.82) is 0 Å². The Morgan fingerprint density at radius 2 is 2.20 bits per heavy atom. The summed E-state index contributed by atoms with van der Waals surface area (Å²) in [6.45, 7) is 9.87. The summed E-state index contributed by atoms with van der Waals surface area (Å²) >= 11 is 0. The Bertz CT molecular complexity index is 424. The molecule has 0 amide bonds. The fraction of sp³-hybridized carbons (Fsp3) is 0.733. The maximum Gasteiger partial charge on any atom is 0.137 e. The summed E-state index contributed by atoms with van der Waals surface area (Å²) < 4.78 is 5.60. The summed E-state index contributed by atoms with van der Waals surface area (Å²) in [5.74, 6) is 2.08. The highest BCUT2D eigenvalue weighted by atomic mass is 16.5. The zero-order valence-electron chi connectivity index (χ0n) is 12.9. The van der Waals surface area contributed by atoms with E-state index >= 15 is 0 Å². The molecule has 5 heteroatoms. The van der Waals surface area contributed by atoms with Gasteiger partial charge in [0.2, 0.25) is 0 Å². The van der Waals surface area contributed by atoms with E-state index in [1.165, 1.54) is 5.56 Å². The lowest BCUT2D eigenvalue weighted by atomic mass is 10.1. The molecule has 5 nitrogen and oxygen atoms in total. The number of aromatic nitrogens is 2. The minimum Gasteiger partial charge on any atom is -0.377 e. The summed E-state index contributed by atoms with van der Waals surface area (Å²) in [5, 5.41) is 3.36. The maximum absolute atomic E-state index is 5.60. The third-order valence-corrected chi connectivity index (χ3v) is 3.74. The van der Waals surface area contributed by atoms with E-state index in [1.54, 1.807) is 6.33 Å². The van der Waals surface area contributed by atoms with E-state index in [4.69, 9.17) is 4.74 Å². The van der Waals surface area contributed by atoms with Crippen LogP contribution in [-0.2, 0) is 11.2 Å². The smallest absolute Gasteiger partial charge is 0.137 e. The fourth-order valence-corrected chi connectivity index (χ4v) is 2.72. The molecular weight excluding hydrogens is 252 g/mol. The van der Waals surface area contributed by atoms with Gasteiger partial charge in [-0.1, -0.05) is 20.3 Å². The van der Waals surface area contributed by atoms with Crippen LogP contribution < -0.4 is 10.2 Å². The Balaban J connectivity index is 2.35. The molecule has 0 spiro atoms. The van der Waals surface area contributed by atoms with E-state index in [0.717, 1.165) is 57.2 Å². The van der Waals surface area contributed by atoms with Crippen LogP contribution in [0.3, 0.4) is 0 Å². The van der Waals surface area contributed by atoms with Crippen molar-refractivity contribution < 1.29 is 4.74 Å². The first-order valence-electron chi connectivity index (χ1n) is 7.73. The van der Waals surface area contributed by atoms with Crippen LogP contribution in [0.15, 0.2) is 6.33 Å². The van der Waals surface area contributed by atoms with Crippen LogP contribution >= 0.6 is 0 Å². The van der Waals surface area contributed by atoms with Crippen molar-refractivity contribution in [2.75, 3.05) is 36.5 Å². The van der Waals surface area contributed by atoms with Gasteiger partial charge in [0.25, 0.3) is 0 Å². The molecule has 2 heterocycles. The second-order valence-electron chi connectivity index (χ2n) is 5.14. The largest absolute Gasteiger partial charge is 0.377 e. The zero-order valence-corrected chi connectivity index (χ0v) is 12.9. The molecule has 0 saturated carbocycles. The summed E-state index contributed by atoms with van der Waals surface area (Å²) in [6.07, 6.45) is 4.85. The van der Waals surface area contributed by atoms with Crippen LogP contribution in [0.4, 0.5) is 11.6 Å². The second-order valence-corrected chi connectivity index (χ2v) is 5.14. The number of rotatable bonds is 6. The van der Waals surface area contributed by atoms with Crippen LogP contribution in [0, 0.1) is 0 Å².